The molecule has 9 nitrogen and oxygen atoms in total. The third-order valence-corrected chi connectivity index (χ3v) is 4.30. The van der Waals surface area contributed by atoms with Crippen molar-refractivity contribution in [2.45, 2.75) is 6.54 Å². The number of nitrogen functional groups attached to an aromatic ring is 1. The second-order valence-electron chi connectivity index (χ2n) is 6.76. The van der Waals surface area contributed by atoms with Crippen molar-refractivity contribution in [1.82, 2.24) is 25.2 Å². The lowest BCUT2D eigenvalue weighted by atomic mass is 10.2. The van der Waals surface area contributed by atoms with Crippen molar-refractivity contribution in [2.24, 2.45) is 0 Å². The number of carbonyl (C=O) groups is 1. The number of halogens is 2. The summed E-state index contributed by atoms with van der Waals surface area (Å²) < 4.78 is 18.9. The van der Waals surface area contributed by atoms with Crippen LogP contribution in [0.3, 0.4) is 0 Å². The molecule has 0 saturated heterocycles. The predicted octanol–water partition coefficient (Wildman–Crippen LogP) is 2.98. The Hall–Kier alpha value is -3.50. The van der Waals surface area contributed by atoms with Gasteiger partial charge < -0.3 is 25.7 Å². The van der Waals surface area contributed by atoms with Gasteiger partial charge in [-0.1, -0.05) is 17.7 Å². The summed E-state index contributed by atoms with van der Waals surface area (Å²) in [5.41, 5.74) is 7.32. The zero-order chi connectivity index (χ0) is 22.4. The maximum Gasteiger partial charge on any atom is 0.244 e. The third kappa shape index (κ3) is 6.00. The second-order valence-corrected chi connectivity index (χ2v) is 7.17. The zero-order valence-corrected chi connectivity index (χ0v) is 17.7. The van der Waals surface area contributed by atoms with Crippen molar-refractivity contribution >= 4 is 34.8 Å². The molecular formula is C20H21ClFN7O2. The van der Waals surface area contributed by atoms with E-state index in [-0.39, 0.29) is 29.2 Å². The van der Waals surface area contributed by atoms with Crippen LogP contribution in [-0.2, 0) is 11.3 Å². The lowest BCUT2D eigenvalue weighted by Crippen LogP contribution is -2.21. The maximum absolute atomic E-state index is 13.4. The molecule has 162 valence electrons. The van der Waals surface area contributed by atoms with E-state index in [0.29, 0.717) is 29.3 Å². The van der Waals surface area contributed by atoms with Gasteiger partial charge in [0.25, 0.3) is 0 Å². The van der Waals surface area contributed by atoms with E-state index in [0.717, 1.165) is 0 Å². The summed E-state index contributed by atoms with van der Waals surface area (Å²) in [5.74, 6) is -0.176. The summed E-state index contributed by atoms with van der Waals surface area (Å²) in [7, 11) is 3.82. The van der Waals surface area contributed by atoms with E-state index in [1.807, 2.05) is 19.0 Å². The Balaban J connectivity index is 1.75. The number of amides is 1. The van der Waals surface area contributed by atoms with Crippen molar-refractivity contribution < 1.29 is 13.6 Å². The lowest BCUT2D eigenvalue weighted by molar-refractivity contribution is -0.116. The molecule has 31 heavy (non-hydrogen) atoms. The summed E-state index contributed by atoms with van der Waals surface area (Å²) in [6, 6.07) is 4.15. The SMILES string of the molecule is CN(C)C/C=C/C(=O)NCc1coc(-c2c(N)ncnc2Nc2ccc(F)c(Cl)c2)n1. The van der Waals surface area contributed by atoms with Gasteiger partial charge in [0.2, 0.25) is 11.8 Å². The fourth-order valence-electron chi connectivity index (χ4n) is 2.53. The molecule has 11 heteroatoms. The molecule has 1 amide bonds. The van der Waals surface area contributed by atoms with Crippen molar-refractivity contribution in [1.29, 1.82) is 0 Å². The Morgan fingerprint density at radius 2 is 2.16 bits per heavy atom. The molecule has 0 saturated carbocycles. The number of rotatable bonds is 8. The molecule has 0 aliphatic heterocycles. The number of anilines is 3. The highest BCUT2D eigenvalue weighted by atomic mass is 35.5. The molecule has 0 fully saturated rings. The minimum atomic E-state index is -0.536. The number of oxazole rings is 1. The molecule has 2 heterocycles. The normalized spacial score (nSPS) is 11.3. The Morgan fingerprint density at radius 1 is 1.35 bits per heavy atom. The Labute approximate surface area is 183 Å². The number of nitrogens with zero attached hydrogens (tertiary/aromatic N) is 4. The quantitative estimate of drug-likeness (QED) is 0.452. The smallest absolute Gasteiger partial charge is 0.244 e. The standard InChI is InChI=1S/C20H21ClFN7O2/c1-29(2)7-3-4-16(30)24-9-13-10-31-20(28-13)17-18(23)25-11-26-19(17)27-12-5-6-15(22)14(21)8-12/h3-6,8,10-11H,7,9H2,1-2H3,(H,24,30)(H3,23,25,26,27)/b4-3+. The summed E-state index contributed by atoms with van der Waals surface area (Å²) in [5, 5.41) is 5.69. The average Bonchev–Trinajstić information content (AvgIpc) is 3.17. The van der Waals surface area contributed by atoms with Crippen LogP contribution in [0.4, 0.5) is 21.7 Å². The molecule has 2 aromatic heterocycles. The number of nitrogens with one attached hydrogen (secondary N) is 2. The maximum atomic E-state index is 13.4. The van der Waals surface area contributed by atoms with E-state index >= 15 is 0 Å². The first-order chi connectivity index (χ1) is 14.8. The van der Waals surface area contributed by atoms with Crippen LogP contribution in [-0.4, -0.2) is 46.4 Å². The summed E-state index contributed by atoms with van der Waals surface area (Å²) in [6.07, 6.45) is 5.89. The molecule has 0 bridgehead atoms. The van der Waals surface area contributed by atoms with E-state index in [1.165, 1.54) is 36.9 Å². The molecule has 3 rings (SSSR count). The number of hydrogen-bond acceptors (Lipinski definition) is 8. The first kappa shape index (κ1) is 22.2. The van der Waals surface area contributed by atoms with E-state index in [4.69, 9.17) is 21.8 Å². The van der Waals surface area contributed by atoms with Gasteiger partial charge in [0, 0.05) is 18.3 Å². The molecule has 0 unspecified atom stereocenters. The van der Waals surface area contributed by atoms with Crippen LogP contribution in [0.1, 0.15) is 5.69 Å². The molecule has 0 radical (unpaired) electrons. The highest BCUT2D eigenvalue weighted by molar-refractivity contribution is 6.31. The van der Waals surface area contributed by atoms with E-state index in [1.54, 1.807) is 6.08 Å². The summed E-state index contributed by atoms with van der Waals surface area (Å²) in [4.78, 5) is 26.3. The van der Waals surface area contributed by atoms with Crippen molar-refractivity contribution in [3.63, 3.8) is 0 Å². The van der Waals surface area contributed by atoms with E-state index in [9.17, 15) is 9.18 Å². The van der Waals surface area contributed by atoms with Gasteiger partial charge in [0.15, 0.2) is 0 Å². The minimum Gasteiger partial charge on any atom is -0.444 e. The number of carbonyl (C=O) groups excluding carboxylic acids is 1. The van der Waals surface area contributed by atoms with Crippen LogP contribution >= 0.6 is 11.6 Å². The molecule has 3 aromatic rings. The lowest BCUT2D eigenvalue weighted by Gasteiger charge is -2.10. The summed E-state index contributed by atoms with van der Waals surface area (Å²) >= 11 is 5.83. The molecule has 0 atom stereocenters. The Bertz CT molecular complexity index is 1100. The number of benzene rings is 1. The monoisotopic (exact) mass is 445 g/mol. The van der Waals surface area contributed by atoms with Gasteiger partial charge >= 0.3 is 0 Å². The zero-order valence-electron chi connectivity index (χ0n) is 16.9. The van der Waals surface area contributed by atoms with Crippen LogP contribution in [0.15, 0.2) is 47.4 Å². The van der Waals surface area contributed by atoms with Crippen LogP contribution < -0.4 is 16.4 Å². The molecular weight excluding hydrogens is 425 g/mol. The van der Waals surface area contributed by atoms with E-state index < -0.39 is 5.82 Å². The number of nitrogens with two attached hydrogens (primary N) is 1. The second kappa shape index (κ2) is 10.0. The van der Waals surface area contributed by atoms with Crippen molar-refractivity contribution in [2.75, 3.05) is 31.7 Å². The van der Waals surface area contributed by atoms with Gasteiger partial charge in [0.1, 0.15) is 35.6 Å². The fraction of sp³-hybridized carbons (Fsp3) is 0.200. The first-order valence-electron chi connectivity index (χ1n) is 9.20. The number of aromatic nitrogens is 3. The largest absolute Gasteiger partial charge is 0.444 e. The molecule has 0 spiro atoms. The molecule has 0 aliphatic rings. The van der Waals surface area contributed by atoms with Gasteiger partial charge in [-0.05, 0) is 32.3 Å². The number of hydrogen-bond donors (Lipinski definition) is 3. The van der Waals surface area contributed by atoms with Gasteiger partial charge in [0.05, 0.1) is 17.3 Å². The molecule has 0 aliphatic carbocycles. The van der Waals surface area contributed by atoms with Gasteiger partial charge in [-0.3, -0.25) is 4.79 Å². The summed E-state index contributed by atoms with van der Waals surface area (Å²) in [6.45, 7) is 0.822. The van der Waals surface area contributed by atoms with E-state index in [2.05, 4.69) is 25.6 Å². The topological polar surface area (TPSA) is 122 Å². The fourth-order valence-corrected chi connectivity index (χ4v) is 2.71. The van der Waals surface area contributed by atoms with Gasteiger partial charge in [-0.15, -0.1) is 0 Å². The Morgan fingerprint density at radius 3 is 2.90 bits per heavy atom. The highest BCUT2D eigenvalue weighted by Crippen LogP contribution is 2.32. The van der Waals surface area contributed by atoms with Crippen LogP contribution in [0.25, 0.3) is 11.5 Å². The van der Waals surface area contributed by atoms with Gasteiger partial charge in [-0.25, -0.2) is 19.3 Å². The first-order valence-corrected chi connectivity index (χ1v) is 9.57. The average molecular weight is 446 g/mol. The molecule has 1 aromatic carbocycles. The van der Waals surface area contributed by atoms with Crippen molar-refractivity contribution in [3.05, 3.63) is 59.5 Å². The van der Waals surface area contributed by atoms with Crippen molar-refractivity contribution in [3.8, 4) is 11.5 Å². The third-order valence-electron chi connectivity index (χ3n) is 4.01. The highest BCUT2D eigenvalue weighted by Gasteiger charge is 2.18. The Kier molecular flexibility index (Phi) is 7.16. The molecule has 4 N–H and O–H groups in total. The number of likely N-dealkylation sites (N-methyl/N-ethyl adjacent to an activating group) is 1. The van der Waals surface area contributed by atoms with Crippen LogP contribution in [0, 0.1) is 5.82 Å². The van der Waals surface area contributed by atoms with Crippen LogP contribution in [0.2, 0.25) is 5.02 Å². The minimum absolute atomic E-state index is 0.0395. The van der Waals surface area contributed by atoms with Gasteiger partial charge in [-0.2, -0.15) is 0 Å². The predicted molar refractivity (Wildman–Crippen MR) is 116 cm³/mol. The van der Waals surface area contributed by atoms with Crippen LogP contribution in [0.5, 0.6) is 0 Å².